The Kier molecular flexibility index (Phi) is 3.71. The first-order valence-electron chi connectivity index (χ1n) is 9.60. The van der Waals surface area contributed by atoms with Crippen molar-refractivity contribution in [1.82, 2.24) is 14.6 Å². The highest BCUT2D eigenvalue weighted by atomic mass is 16.3. The van der Waals surface area contributed by atoms with E-state index in [0.29, 0.717) is 6.54 Å². The zero-order valence-electron chi connectivity index (χ0n) is 15.1. The Hall–Kier alpha value is -2.40. The molecule has 0 saturated carbocycles. The summed E-state index contributed by atoms with van der Waals surface area (Å²) in [6.07, 6.45) is 4.91. The molecule has 3 aromatic rings. The topological polar surface area (TPSA) is 53.7 Å². The molecule has 5 heteroatoms. The molecule has 5 rings (SSSR count). The Labute approximate surface area is 153 Å². The molecule has 1 aliphatic carbocycles. The van der Waals surface area contributed by atoms with Crippen molar-refractivity contribution in [3.63, 3.8) is 0 Å². The van der Waals surface area contributed by atoms with Crippen molar-refractivity contribution in [2.45, 2.75) is 45.1 Å². The van der Waals surface area contributed by atoms with Gasteiger partial charge in [-0.25, -0.2) is 4.98 Å². The summed E-state index contributed by atoms with van der Waals surface area (Å²) in [7, 11) is 0. The van der Waals surface area contributed by atoms with Crippen LogP contribution in [0.2, 0.25) is 0 Å². The number of piperidine rings is 1. The van der Waals surface area contributed by atoms with Crippen molar-refractivity contribution < 1.29 is 5.11 Å². The van der Waals surface area contributed by atoms with E-state index >= 15 is 0 Å². The highest BCUT2D eigenvalue weighted by Crippen LogP contribution is 2.34. The van der Waals surface area contributed by atoms with Gasteiger partial charge in [0.15, 0.2) is 5.65 Å². The van der Waals surface area contributed by atoms with Gasteiger partial charge in [-0.2, -0.15) is 9.61 Å². The third kappa shape index (κ3) is 2.58. The number of aromatic nitrogens is 3. The predicted octanol–water partition coefficient (Wildman–Crippen LogP) is 3.15. The van der Waals surface area contributed by atoms with Gasteiger partial charge in [0.05, 0.1) is 11.8 Å². The summed E-state index contributed by atoms with van der Waals surface area (Å²) in [5, 5.41) is 15.1. The van der Waals surface area contributed by atoms with E-state index in [4.69, 9.17) is 10.1 Å². The molecule has 1 atom stereocenters. The number of aliphatic hydroxyl groups is 1. The minimum absolute atomic E-state index is 0.254. The van der Waals surface area contributed by atoms with Gasteiger partial charge >= 0.3 is 0 Å². The third-order valence-electron chi connectivity index (χ3n) is 5.61. The lowest BCUT2D eigenvalue weighted by Gasteiger charge is -2.33. The first kappa shape index (κ1) is 15.8. The normalized spacial score (nSPS) is 19.9. The molecule has 0 spiro atoms. The molecule has 26 heavy (non-hydrogen) atoms. The molecule has 1 aliphatic heterocycles. The molecule has 0 radical (unpaired) electrons. The Morgan fingerprint density at radius 2 is 2.08 bits per heavy atom. The van der Waals surface area contributed by atoms with Crippen LogP contribution in [-0.4, -0.2) is 38.9 Å². The number of β-amino-alcohol motifs (C(OH)–C–C–N with tert-alkyl or cyclic N) is 1. The fraction of sp³-hybridized carbons (Fsp3) is 0.429. The molecule has 1 fully saturated rings. The number of hydrogen-bond donors (Lipinski definition) is 1. The van der Waals surface area contributed by atoms with Crippen molar-refractivity contribution in [1.29, 1.82) is 0 Å². The Balaban J connectivity index is 1.69. The van der Waals surface area contributed by atoms with Crippen LogP contribution in [0.25, 0.3) is 16.9 Å². The van der Waals surface area contributed by atoms with Gasteiger partial charge in [0.1, 0.15) is 5.82 Å². The fourth-order valence-corrected chi connectivity index (χ4v) is 4.38. The molecule has 0 amide bonds. The number of nitrogens with zero attached hydrogens (tertiary/aromatic N) is 4. The minimum Gasteiger partial charge on any atom is -0.391 e. The zero-order chi connectivity index (χ0) is 17.7. The predicted molar refractivity (Wildman–Crippen MR) is 103 cm³/mol. The van der Waals surface area contributed by atoms with Gasteiger partial charge < -0.3 is 10.0 Å². The maximum atomic E-state index is 10.2. The number of rotatable bonds is 2. The fourth-order valence-electron chi connectivity index (χ4n) is 4.38. The molecule has 2 aliphatic rings. The van der Waals surface area contributed by atoms with Crippen molar-refractivity contribution >= 4 is 11.5 Å². The van der Waals surface area contributed by atoms with Crippen LogP contribution in [-0.2, 0) is 12.8 Å². The molecular formula is C21H24N4O. The molecular weight excluding hydrogens is 324 g/mol. The molecule has 1 aromatic carbocycles. The number of benzene rings is 1. The lowest BCUT2D eigenvalue weighted by Crippen LogP contribution is -2.40. The van der Waals surface area contributed by atoms with Crippen molar-refractivity contribution in [2.24, 2.45) is 0 Å². The van der Waals surface area contributed by atoms with Gasteiger partial charge in [-0.15, -0.1) is 0 Å². The van der Waals surface area contributed by atoms with Crippen LogP contribution in [0.15, 0.2) is 30.3 Å². The molecule has 1 saturated heterocycles. The average molecular weight is 348 g/mol. The van der Waals surface area contributed by atoms with E-state index in [1.165, 1.54) is 16.8 Å². The number of fused-ring (bicyclic) bond motifs is 2. The van der Waals surface area contributed by atoms with Gasteiger partial charge in [0.2, 0.25) is 0 Å². The van der Waals surface area contributed by atoms with E-state index in [2.05, 4.69) is 42.2 Å². The second-order valence-corrected chi connectivity index (χ2v) is 7.63. The number of aryl methyl sites for hydroxylation is 2. The highest BCUT2D eigenvalue weighted by molar-refractivity contribution is 5.68. The quantitative estimate of drug-likeness (QED) is 0.773. The first-order chi connectivity index (χ1) is 12.7. The average Bonchev–Trinajstić information content (AvgIpc) is 3.25. The molecule has 5 nitrogen and oxygen atoms in total. The maximum Gasteiger partial charge on any atom is 0.158 e. The largest absolute Gasteiger partial charge is 0.391 e. The Morgan fingerprint density at radius 3 is 2.92 bits per heavy atom. The molecule has 134 valence electrons. The Bertz CT molecular complexity index is 978. The third-order valence-corrected chi connectivity index (χ3v) is 5.61. The van der Waals surface area contributed by atoms with Crippen molar-refractivity contribution in [2.75, 3.05) is 18.0 Å². The van der Waals surface area contributed by atoms with E-state index < -0.39 is 0 Å². The van der Waals surface area contributed by atoms with Crippen LogP contribution in [0.3, 0.4) is 0 Å². The number of hydrogen-bond acceptors (Lipinski definition) is 4. The second kappa shape index (κ2) is 6.09. The Morgan fingerprint density at radius 1 is 1.15 bits per heavy atom. The second-order valence-electron chi connectivity index (χ2n) is 7.63. The van der Waals surface area contributed by atoms with E-state index in [1.54, 1.807) is 0 Å². The van der Waals surface area contributed by atoms with Crippen LogP contribution in [0.1, 0.15) is 36.1 Å². The molecule has 0 bridgehead atoms. The van der Waals surface area contributed by atoms with Crippen LogP contribution >= 0.6 is 0 Å². The minimum atomic E-state index is -0.254. The van der Waals surface area contributed by atoms with Gasteiger partial charge in [-0.05, 0) is 45.1 Å². The van der Waals surface area contributed by atoms with Gasteiger partial charge in [0, 0.05) is 36.0 Å². The standard InChI is InChI=1S/C21H24N4O/c1-14-5-2-6-15(11-14)19-12-20-22-18-9-3-8-17(18)21(25(20)23-19)24-10-4-7-16(26)13-24/h2,5-6,11-12,16,26H,3-4,7-10,13H2,1H3/t16-/m1/s1. The highest BCUT2D eigenvalue weighted by Gasteiger charge is 2.28. The summed E-state index contributed by atoms with van der Waals surface area (Å²) in [4.78, 5) is 7.23. The smallest absolute Gasteiger partial charge is 0.158 e. The summed E-state index contributed by atoms with van der Waals surface area (Å²) in [5.74, 6) is 1.15. The van der Waals surface area contributed by atoms with Crippen molar-refractivity contribution in [3.05, 3.63) is 47.2 Å². The first-order valence-corrected chi connectivity index (χ1v) is 9.60. The van der Waals surface area contributed by atoms with Gasteiger partial charge in [0.25, 0.3) is 0 Å². The van der Waals surface area contributed by atoms with E-state index in [9.17, 15) is 5.11 Å². The van der Waals surface area contributed by atoms with Crippen LogP contribution < -0.4 is 4.90 Å². The molecule has 2 aromatic heterocycles. The summed E-state index contributed by atoms with van der Waals surface area (Å²) < 4.78 is 2.01. The lowest BCUT2D eigenvalue weighted by atomic mass is 10.1. The van der Waals surface area contributed by atoms with Gasteiger partial charge in [-0.1, -0.05) is 23.8 Å². The summed E-state index contributed by atoms with van der Waals surface area (Å²) in [5.41, 5.74) is 6.77. The SMILES string of the molecule is Cc1cccc(-c2cc3nc4c(c(N5CCC[C@@H](O)C5)n3n2)CCC4)c1. The van der Waals surface area contributed by atoms with Crippen LogP contribution in [0, 0.1) is 6.92 Å². The molecule has 1 N–H and O–H groups in total. The molecule has 0 unspecified atom stereocenters. The van der Waals surface area contributed by atoms with E-state index in [1.807, 2.05) is 4.52 Å². The van der Waals surface area contributed by atoms with E-state index in [-0.39, 0.29) is 6.10 Å². The molecule has 3 heterocycles. The van der Waals surface area contributed by atoms with E-state index in [0.717, 1.165) is 61.4 Å². The maximum absolute atomic E-state index is 10.2. The lowest BCUT2D eigenvalue weighted by molar-refractivity contribution is 0.153. The summed E-state index contributed by atoms with van der Waals surface area (Å²) in [6, 6.07) is 10.5. The van der Waals surface area contributed by atoms with Crippen LogP contribution in [0.4, 0.5) is 5.82 Å². The zero-order valence-corrected chi connectivity index (χ0v) is 15.1. The summed E-state index contributed by atoms with van der Waals surface area (Å²) in [6.45, 7) is 3.76. The van der Waals surface area contributed by atoms with Crippen molar-refractivity contribution in [3.8, 4) is 11.3 Å². The number of anilines is 1. The van der Waals surface area contributed by atoms with Crippen LogP contribution in [0.5, 0.6) is 0 Å². The monoisotopic (exact) mass is 348 g/mol. The summed E-state index contributed by atoms with van der Waals surface area (Å²) >= 11 is 0. The van der Waals surface area contributed by atoms with Gasteiger partial charge in [-0.3, -0.25) is 0 Å². The number of aliphatic hydroxyl groups excluding tert-OH is 1.